The second-order valence-electron chi connectivity index (χ2n) is 3.99. The van der Waals surface area contributed by atoms with Crippen molar-refractivity contribution in [2.75, 3.05) is 0 Å². The van der Waals surface area contributed by atoms with Crippen molar-refractivity contribution in [1.82, 2.24) is 0 Å². The summed E-state index contributed by atoms with van der Waals surface area (Å²) in [7, 11) is -3.55. The molecule has 0 aromatic carbocycles. The van der Waals surface area contributed by atoms with Crippen molar-refractivity contribution in [1.29, 1.82) is 0 Å². The minimum Gasteiger partial charge on any atom is -0.393 e. The van der Waals surface area contributed by atoms with Crippen LogP contribution >= 0.6 is 0 Å². The molecule has 0 amide bonds. The Hall–Kier alpha value is -0.390. The van der Waals surface area contributed by atoms with Gasteiger partial charge in [-0.05, 0) is 26.2 Å². The maximum atomic E-state index is 11.6. The summed E-state index contributed by atoms with van der Waals surface area (Å²) in [5.74, 6) is 0. The Kier molecular flexibility index (Phi) is 2.41. The van der Waals surface area contributed by atoms with E-state index in [9.17, 15) is 13.5 Å². The molecule has 80 valence electrons. The Bertz CT molecular complexity index is 368. The molecule has 1 aliphatic carbocycles. The van der Waals surface area contributed by atoms with Gasteiger partial charge in [0.2, 0.25) is 0 Å². The van der Waals surface area contributed by atoms with E-state index >= 15 is 0 Å². The molecule has 1 N–H and O–H groups in total. The molecule has 0 saturated carbocycles. The molecule has 1 heterocycles. The maximum Gasteiger partial charge on any atom is 0.293 e. The first kappa shape index (κ1) is 10.1. The van der Waals surface area contributed by atoms with E-state index in [1.54, 1.807) is 6.92 Å². The molecule has 0 aromatic rings. The summed E-state index contributed by atoms with van der Waals surface area (Å²) in [6.45, 7) is 1.76. The Labute approximate surface area is 83.7 Å². The molecule has 14 heavy (non-hydrogen) atoms. The first-order valence-corrected chi connectivity index (χ1v) is 6.22. The zero-order chi connectivity index (χ0) is 10.3. The van der Waals surface area contributed by atoms with Crippen LogP contribution < -0.4 is 0 Å². The van der Waals surface area contributed by atoms with E-state index in [4.69, 9.17) is 4.18 Å². The highest BCUT2D eigenvalue weighted by atomic mass is 32.2. The maximum absolute atomic E-state index is 11.6. The van der Waals surface area contributed by atoms with Gasteiger partial charge in [-0.1, -0.05) is 5.57 Å². The molecule has 2 aliphatic rings. The van der Waals surface area contributed by atoms with Crippen LogP contribution in [0.25, 0.3) is 0 Å². The largest absolute Gasteiger partial charge is 0.393 e. The lowest BCUT2D eigenvalue weighted by Gasteiger charge is -2.30. The van der Waals surface area contributed by atoms with E-state index in [2.05, 4.69) is 0 Å². The average molecular weight is 218 g/mol. The standard InChI is InChI=1S/C9H14O4S/c1-6-4-7-2-3-8(10)5-9(7)14(11,12)13-6/h6,8,10H,2-5H2,1H3/t6-,8-/m1/s1. The zero-order valence-electron chi connectivity index (χ0n) is 8.06. The van der Waals surface area contributed by atoms with Crippen LogP contribution in [0.15, 0.2) is 10.5 Å². The van der Waals surface area contributed by atoms with Gasteiger partial charge in [-0.25, -0.2) is 0 Å². The van der Waals surface area contributed by atoms with E-state index in [0.717, 1.165) is 5.57 Å². The van der Waals surface area contributed by atoms with Crippen molar-refractivity contribution in [3.8, 4) is 0 Å². The molecular formula is C9H14O4S. The van der Waals surface area contributed by atoms with Crippen molar-refractivity contribution >= 4 is 10.1 Å². The van der Waals surface area contributed by atoms with Gasteiger partial charge >= 0.3 is 0 Å². The summed E-state index contributed by atoms with van der Waals surface area (Å²) in [6.07, 6.45) is 1.48. The second-order valence-corrected chi connectivity index (χ2v) is 5.58. The molecular weight excluding hydrogens is 204 g/mol. The van der Waals surface area contributed by atoms with Gasteiger partial charge in [0.25, 0.3) is 10.1 Å². The normalized spacial score (nSPS) is 36.7. The third-order valence-electron chi connectivity index (χ3n) is 2.72. The van der Waals surface area contributed by atoms with Crippen molar-refractivity contribution < 1.29 is 17.7 Å². The van der Waals surface area contributed by atoms with Crippen LogP contribution in [0.2, 0.25) is 0 Å². The molecule has 0 unspecified atom stereocenters. The molecule has 0 bridgehead atoms. The predicted octanol–water partition coefficient (Wildman–Crippen LogP) is 0.924. The average Bonchev–Trinajstić information content (AvgIpc) is 2.05. The highest BCUT2D eigenvalue weighted by Crippen LogP contribution is 2.36. The third kappa shape index (κ3) is 1.71. The molecule has 0 fully saturated rings. The minimum atomic E-state index is -3.55. The monoisotopic (exact) mass is 218 g/mol. The Morgan fingerprint density at radius 3 is 2.86 bits per heavy atom. The lowest BCUT2D eigenvalue weighted by Crippen LogP contribution is -2.29. The molecule has 5 heteroatoms. The number of hydrogen-bond acceptors (Lipinski definition) is 4. The highest BCUT2D eigenvalue weighted by molar-refractivity contribution is 7.90. The smallest absolute Gasteiger partial charge is 0.293 e. The fourth-order valence-electron chi connectivity index (χ4n) is 2.09. The van der Waals surface area contributed by atoms with Gasteiger partial charge in [-0.15, -0.1) is 0 Å². The van der Waals surface area contributed by atoms with Gasteiger partial charge in [0.15, 0.2) is 0 Å². The fraction of sp³-hybridized carbons (Fsp3) is 0.778. The third-order valence-corrected chi connectivity index (χ3v) is 4.36. The van der Waals surface area contributed by atoms with Gasteiger partial charge in [0.05, 0.1) is 17.1 Å². The van der Waals surface area contributed by atoms with Gasteiger partial charge in [0.1, 0.15) is 0 Å². The Morgan fingerprint density at radius 2 is 2.14 bits per heavy atom. The molecule has 0 aromatic heterocycles. The van der Waals surface area contributed by atoms with Crippen molar-refractivity contribution in [2.45, 2.75) is 44.8 Å². The predicted molar refractivity (Wildman–Crippen MR) is 51.0 cm³/mol. The molecule has 0 spiro atoms. The summed E-state index contributed by atoms with van der Waals surface area (Å²) in [6, 6.07) is 0. The fourth-order valence-corrected chi connectivity index (χ4v) is 3.64. The lowest BCUT2D eigenvalue weighted by atomic mass is 9.93. The van der Waals surface area contributed by atoms with Gasteiger partial charge in [0, 0.05) is 6.42 Å². The summed E-state index contributed by atoms with van der Waals surface area (Å²) in [4.78, 5) is 0.328. The van der Waals surface area contributed by atoms with Crippen molar-refractivity contribution in [3.05, 3.63) is 10.5 Å². The Morgan fingerprint density at radius 1 is 1.43 bits per heavy atom. The molecule has 2 rings (SSSR count). The van der Waals surface area contributed by atoms with Crippen LogP contribution in [0.4, 0.5) is 0 Å². The molecule has 0 saturated heterocycles. The van der Waals surface area contributed by atoms with E-state index in [-0.39, 0.29) is 12.5 Å². The number of aliphatic hydroxyl groups excluding tert-OH is 1. The van der Waals surface area contributed by atoms with Gasteiger partial charge in [-0.3, -0.25) is 4.18 Å². The molecule has 2 atom stereocenters. The van der Waals surface area contributed by atoms with Crippen LogP contribution in [-0.2, 0) is 14.3 Å². The van der Waals surface area contributed by atoms with Crippen LogP contribution in [0.5, 0.6) is 0 Å². The molecule has 0 radical (unpaired) electrons. The second kappa shape index (κ2) is 3.32. The van der Waals surface area contributed by atoms with Crippen LogP contribution in [-0.4, -0.2) is 25.7 Å². The molecule has 4 nitrogen and oxygen atoms in total. The number of aliphatic hydroxyl groups is 1. The summed E-state index contributed by atoms with van der Waals surface area (Å²) >= 11 is 0. The van der Waals surface area contributed by atoms with Crippen LogP contribution in [0.1, 0.15) is 32.6 Å². The first-order chi connectivity index (χ1) is 6.49. The topological polar surface area (TPSA) is 63.6 Å². The summed E-state index contributed by atoms with van der Waals surface area (Å²) < 4.78 is 28.1. The van der Waals surface area contributed by atoms with Crippen molar-refractivity contribution in [2.24, 2.45) is 0 Å². The van der Waals surface area contributed by atoms with E-state index in [1.807, 2.05) is 0 Å². The number of rotatable bonds is 0. The number of hydrogen-bond donors (Lipinski definition) is 1. The minimum absolute atomic E-state index is 0.227. The van der Waals surface area contributed by atoms with Crippen molar-refractivity contribution in [3.63, 3.8) is 0 Å². The SMILES string of the molecule is C[C@@H]1CC2=C(C[C@H](O)CC2)S(=O)(=O)O1. The van der Waals surface area contributed by atoms with Crippen LogP contribution in [0.3, 0.4) is 0 Å². The summed E-state index contributed by atoms with van der Waals surface area (Å²) in [5, 5.41) is 9.39. The molecule has 1 aliphatic heterocycles. The van der Waals surface area contributed by atoms with Gasteiger partial charge < -0.3 is 5.11 Å². The Balaban J connectivity index is 2.40. The quantitative estimate of drug-likeness (QED) is 0.614. The van der Waals surface area contributed by atoms with E-state index in [0.29, 0.717) is 24.2 Å². The highest BCUT2D eigenvalue weighted by Gasteiger charge is 2.35. The van der Waals surface area contributed by atoms with E-state index in [1.165, 1.54) is 0 Å². The first-order valence-electron chi connectivity index (χ1n) is 4.81. The lowest BCUT2D eigenvalue weighted by molar-refractivity contribution is 0.150. The van der Waals surface area contributed by atoms with Gasteiger partial charge in [-0.2, -0.15) is 8.42 Å². The van der Waals surface area contributed by atoms with Crippen LogP contribution in [0, 0.1) is 0 Å². The summed E-state index contributed by atoms with van der Waals surface area (Å²) in [5.41, 5.74) is 0.953. The zero-order valence-corrected chi connectivity index (χ0v) is 8.88. The van der Waals surface area contributed by atoms with E-state index < -0.39 is 16.2 Å².